The number of carbonyl (C=O) groups excluding carboxylic acids is 2. The Morgan fingerprint density at radius 2 is 1.49 bits per heavy atom. The first-order chi connectivity index (χ1) is 26.5. The minimum Gasteiger partial charge on any atom is -0.493 e. The molecule has 7 rings (SSSR count). The molecule has 0 bridgehead atoms. The molecule has 0 spiro atoms. The van der Waals surface area contributed by atoms with Crippen LogP contribution in [0, 0.1) is 0 Å². The molecule has 0 atom stereocenters. The van der Waals surface area contributed by atoms with Crippen molar-refractivity contribution in [3.8, 4) is 5.75 Å². The summed E-state index contributed by atoms with van der Waals surface area (Å²) in [6, 6.07) is 38.1. The number of halogens is 3. The number of sulfonamides is 1. The molecule has 5 aromatic carbocycles. The summed E-state index contributed by atoms with van der Waals surface area (Å²) >= 11 is 19.8. The zero-order valence-corrected chi connectivity index (χ0v) is 33.1. The van der Waals surface area contributed by atoms with Gasteiger partial charge in [-0.3, -0.25) is 14.9 Å². The van der Waals surface area contributed by atoms with Gasteiger partial charge >= 0.3 is 0 Å². The number of imide groups is 1. The van der Waals surface area contributed by atoms with E-state index in [1.165, 1.54) is 0 Å². The molecule has 55 heavy (non-hydrogen) atoms. The lowest BCUT2D eigenvalue weighted by Crippen LogP contribution is -2.28. The predicted molar refractivity (Wildman–Crippen MR) is 223 cm³/mol. The summed E-state index contributed by atoms with van der Waals surface area (Å²) in [7, 11) is -3.74. The molecule has 1 saturated heterocycles. The van der Waals surface area contributed by atoms with E-state index < -0.39 is 21.2 Å². The molecule has 0 unspecified atom stereocenters. The van der Waals surface area contributed by atoms with Gasteiger partial charge in [0.1, 0.15) is 5.75 Å². The fourth-order valence-electron chi connectivity index (χ4n) is 6.74. The molecular formula is C42H34Cl3N3O5S2. The molecule has 1 fully saturated rings. The summed E-state index contributed by atoms with van der Waals surface area (Å²) < 4.78 is 38.1. The summed E-state index contributed by atoms with van der Waals surface area (Å²) in [6.45, 7) is 0.451. The van der Waals surface area contributed by atoms with Crippen LogP contribution in [0.4, 0.5) is 4.79 Å². The van der Waals surface area contributed by atoms with Gasteiger partial charge in [-0.15, -0.1) is 0 Å². The van der Waals surface area contributed by atoms with Crippen molar-refractivity contribution >= 4 is 84.7 Å². The van der Waals surface area contributed by atoms with Crippen LogP contribution in [0.3, 0.4) is 0 Å². The Morgan fingerprint density at radius 1 is 0.800 bits per heavy atom. The second kappa shape index (κ2) is 17.1. The van der Waals surface area contributed by atoms with Crippen molar-refractivity contribution in [3.63, 3.8) is 0 Å². The Hall–Kier alpha value is -4.55. The Bertz CT molecular complexity index is 2470. The quantitative estimate of drug-likeness (QED) is 0.106. The summed E-state index contributed by atoms with van der Waals surface area (Å²) in [5, 5.41) is 4.05. The molecule has 0 aliphatic carbocycles. The van der Waals surface area contributed by atoms with E-state index in [4.69, 9.17) is 39.5 Å². The lowest BCUT2D eigenvalue weighted by molar-refractivity contribution is -0.115. The molecule has 1 aromatic heterocycles. The van der Waals surface area contributed by atoms with E-state index in [-0.39, 0.29) is 18.3 Å². The van der Waals surface area contributed by atoms with Gasteiger partial charge in [-0.1, -0.05) is 114 Å². The van der Waals surface area contributed by atoms with E-state index in [1.54, 1.807) is 24.3 Å². The molecule has 1 aliphatic rings. The Morgan fingerprint density at radius 3 is 2.13 bits per heavy atom. The number of thioether (sulfide) groups is 1. The monoisotopic (exact) mass is 829 g/mol. The molecule has 2 N–H and O–H groups in total. The van der Waals surface area contributed by atoms with Gasteiger partial charge in [-0.2, -0.15) is 0 Å². The number of hydrogen-bond donors (Lipinski definition) is 2. The lowest BCUT2D eigenvalue weighted by atomic mass is 9.97. The zero-order valence-electron chi connectivity index (χ0n) is 29.2. The normalized spacial score (nSPS) is 13.9. The maximum Gasteiger partial charge on any atom is 0.290 e. The van der Waals surface area contributed by atoms with Gasteiger partial charge in [0.15, 0.2) is 0 Å². The number of carbonyl (C=O) groups is 2. The fraction of sp³-hybridized carbons (Fsp3) is 0.143. The smallest absolute Gasteiger partial charge is 0.290 e. The first-order valence-electron chi connectivity index (χ1n) is 17.3. The Kier molecular flexibility index (Phi) is 12.0. The van der Waals surface area contributed by atoms with E-state index in [2.05, 4.69) is 38.9 Å². The van der Waals surface area contributed by atoms with E-state index in [0.717, 1.165) is 50.6 Å². The van der Waals surface area contributed by atoms with Crippen molar-refractivity contribution in [2.24, 2.45) is 0 Å². The van der Waals surface area contributed by atoms with Gasteiger partial charge in [0.2, 0.25) is 10.0 Å². The molecule has 2 amide bonds. The largest absolute Gasteiger partial charge is 0.493 e. The molecule has 2 heterocycles. The standard InChI is InChI=1S/C42H34Cl3N3O5S2/c43-31-14-18-37-34(25-31)33(20-22-53-32-15-11-27(12-16-32)24-39-41(49)47-42(50)54-39)38(19-21-46-55(51,52)26-28-13-17-35(44)36(45)23-28)48(37)40(29-7-3-1-4-8-29)30-9-5-2-6-10-30/h1-18,23-25,40,46H,19-22,26H2,(H,47,49,50). The van der Waals surface area contributed by atoms with E-state index >= 15 is 0 Å². The third-order valence-electron chi connectivity index (χ3n) is 9.14. The van der Waals surface area contributed by atoms with E-state index in [1.807, 2.05) is 78.9 Å². The van der Waals surface area contributed by atoms with Crippen LogP contribution in [0.2, 0.25) is 15.1 Å². The summed E-state index contributed by atoms with van der Waals surface area (Å²) in [6.07, 6.45) is 2.53. The number of ether oxygens (including phenoxy) is 1. The van der Waals surface area contributed by atoms with Crippen LogP contribution in [0.5, 0.6) is 5.75 Å². The first kappa shape index (κ1) is 38.7. The average Bonchev–Trinajstić information content (AvgIpc) is 3.64. The first-order valence-corrected chi connectivity index (χ1v) is 20.9. The van der Waals surface area contributed by atoms with Crippen LogP contribution in [0.15, 0.2) is 126 Å². The van der Waals surface area contributed by atoms with Crippen molar-refractivity contribution in [3.05, 3.63) is 175 Å². The molecule has 0 saturated carbocycles. The van der Waals surface area contributed by atoms with Gasteiger partial charge in [0.25, 0.3) is 11.1 Å². The zero-order chi connectivity index (χ0) is 38.5. The molecule has 6 aromatic rings. The number of rotatable bonds is 14. The average molecular weight is 831 g/mol. The highest BCUT2D eigenvalue weighted by atomic mass is 35.5. The van der Waals surface area contributed by atoms with Crippen molar-refractivity contribution in [1.29, 1.82) is 0 Å². The van der Waals surface area contributed by atoms with Crippen molar-refractivity contribution in [2.75, 3.05) is 13.2 Å². The van der Waals surface area contributed by atoms with Gasteiger partial charge in [-0.05, 0) is 88.1 Å². The second-order valence-electron chi connectivity index (χ2n) is 12.9. The number of hydrogen-bond acceptors (Lipinski definition) is 6. The minimum absolute atomic E-state index is 0.136. The van der Waals surface area contributed by atoms with Crippen LogP contribution in [-0.4, -0.2) is 37.3 Å². The molecule has 0 radical (unpaired) electrons. The van der Waals surface area contributed by atoms with Crippen molar-refractivity contribution < 1.29 is 22.7 Å². The number of fused-ring (bicyclic) bond motifs is 1. The molecular weight excluding hydrogens is 797 g/mol. The minimum atomic E-state index is -3.74. The summed E-state index contributed by atoms with van der Waals surface area (Å²) in [4.78, 5) is 23.9. The number of nitrogens with one attached hydrogen (secondary N) is 2. The molecule has 13 heteroatoms. The van der Waals surface area contributed by atoms with Crippen LogP contribution in [-0.2, 0) is 33.4 Å². The topological polar surface area (TPSA) is 106 Å². The third-order valence-corrected chi connectivity index (χ3v) is 12.3. The molecule has 8 nitrogen and oxygen atoms in total. The van der Waals surface area contributed by atoms with Crippen molar-refractivity contribution in [2.45, 2.75) is 24.6 Å². The number of benzene rings is 5. The van der Waals surface area contributed by atoms with Crippen LogP contribution < -0.4 is 14.8 Å². The van der Waals surface area contributed by atoms with Crippen LogP contribution in [0.25, 0.3) is 17.0 Å². The maximum absolute atomic E-state index is 13.4. The molecule has 1 aliphatic heterocycles. The number of amides is 2. The van der Waals surface area contributed by atoms with Crippen LogP contribution >= 0.6 is 46.6 Å². The SMILES string of the molecule is O=C1NC(=O)C(=Cc2ccc(OCCc3c(CCNS(=O)(=O)Cc4ccc(Cl)c(Cl)c4)n(C(c4ccccc4)c4ccccc4)c4ccc(Cl)cc34)cc2)S1. The van der Waals surface area contributed by atoms with Gasteiger partial charge in [0, 0.05) is 41.0 Å². The number of aromatic nitrogens is 1. The maximum atomic E-state index is 13.4. The summed E-state index contributed by atoms with van der Waals surface area (Å²) in [5.74, 6) is -0.0297. The highest BCUT2D eigenvalue weighted by Crippen LogP contribution is 2.38. The van der Waals surface area contributed by atoms with E-state index in [0.29, 0.717) is 50.7 Å². The second-order valence-corrected chi connectivity index (χ2v) is 16.9. The summed E-state index contributed by atoms with van der Waals surface area (Å²) in [5.41, 5.74) is 6.31. The van der Waals surface area contributed by atoms with Gasteiger partial charge in [-0.25, -0.2) is 13.1 Å². The van der Waals surface area contributed by atoms with Gasteiger partial charge in [0.05, 0.1) is 33.4 Å². The number of nitrogens with zero attached hydrogens (tertiary/aromatic N) is 1. The highest BCUT2D eigenvalue weighted by molar-refractivity contribution is 8.18. The van der Waals surface area contributed by atoms with Gasteiger partial charge < -0.3 is 9.30 Å². The fourth-order valence-corrected chi connectivity index (χ4v) is 9.05. The Labute approximate surface area is 338 Å². The lowest BCUT2D eigenvalue weighted by Gasteiger charge is -2.25. The molecule has 280 valence electrons. The predicted octanol–water partition coefficient (Wildman–Crippen LogP) is 9.85. The van der Waals surface area contributed by atoms with Crippen LogP contribution in [0.1, 0.15) is 39.6 Å². The Balaban J connectivity index is 1.22. The highest BCUT2D eigenvalue weighted by Gasteiger charge is 2.27. The van der Waals surface area contributed by atoms with E-state index in [9.17, 15) is 18.0 Å². The van der Waals surface area contributed by atoms with Crippen molar-refractivity contribution in [1.82, 2.24) is 14.6 Å². The third kappa shape index (κ3) is 9.29.